The molecular formula is C16H21NS. The van der Waals surface area contributed by atoms with Crippen molar-refractivity contribution in [2.45, 2.75) is 45.4 Å². The fourth-order valence-corrected chi connectivity index (χ4v) is 3.01. The standard InChI is InChI=1S/C16H21NS/c1-2-3-4-5-9-12-16-17-13-15(18-16)14-10-7-6-8-11-14/h6-8,10-11,13H,2-5,9,12H2,1H3. The van der Waals surface area contributed by atoms with E-state index in [0.717, 1.165) is 6.42 Å². The van der Waals surface area contributed by atoms with E-state index in [0.29, 0.717) is 0 Å². The molecule has 2 heteroatoms. The van der Waals surface area contributed by atoms with Crippen molar-refractivity contribution < 1.29 is 0 Å². The average Bonchev–Trinajstić information content (AvgIpc) is 2.88. The predicted molar refractivity (Wildman–Crippen MR) is 80.0 cm³/mol. The van der Waals surface area contributed by atoms with Crippen LogP contribution in [0.2, 0.25) is 0 Å². The molecule has 0 aliphatic heterocycles. The number of rotatable bonds is 7. The molecule has 0 bridgehead atoms. The number of thiazole rings is 1. The topological polar surface area (TPSA) is 12.9 Å². The van der Waals surface area contributed by atoms with Gasteiger partial charge in [-0.2, -0.15) is 0 Å². The van der Waals surface area contributed by atoms with Crippen LogP contribution in [-0.4, -0.2) is 4.98 Å². The molecule has 18 heavy (non-hydrogen) atoms. The van der Waals surface area contributed by atoms with Crippen molar-refractivity contribution in [1.29, 1.82) is 0 Å². The Morgan fingerprint density at radius 1 is 1.00 bits per heavy atom. The fourth-order valence-electron chi connectivity index (χ4n) is 2.04. The first-order valence-corrected chi connectivity index (χ1v) is 7.72. The zero-order valence-corrected chi connectivity index (χ0v) is 11.9. The van der Waals surface area contributed by atoms with Crippen LogP contribution in [0, 0.1) is 0 Å². The monoisotopic (exact) mass is 259 g/mol. The van der Waals surface area contributed by atoms with Crippen LogP contribution in [-0.2, 0) is 6.42 Å². The Bertz CT molecular complexity index is 447. The summed E-state index contributed by atoms with van der Waals surface area (Å²) in [7, 11) is 0. The molecule has 1 nitrogen and oxygen atoms in total. The van der Waals surface area contributed by atoms with Crippen molar-refractivity contribution in [3.63, 3.8) is 0 Å². The van der Waals surface area contributed by atoms with Crippen molar-refractivity contribution in [3.05, 3.63) is 41.5 Å². The van der Waals surface area contributed by atoms with Gasteiger partial charge >= 0.3 is 0 Å². The van der Waals surface area contributed by atoms with E-state index in [-0.39, 0.29) is 0 Å². The molecule has 2 aromatic rings. The predicted octanol–water partition coefficient (Wildman–Crippen LogP) is 5.32. The van der Waals surface area contributed by atoms with E-state index < -0.39 is 0 Å². The third kappa shape index (κ3) is 3.95. The quantitative estimate of drug-likeness (QED) is 0.613. The molecule has 0 radical (unpaired) electrons. The van der Waals surface area contributed by atoms with Crippen LogP contribution in [0.3, 0.4) is 0 Å². The molecular weight excluding hydrogens is 238 g/mol. The molecule has 0 fully saturated rings. The highest BCUT2D eigenvalue weighted by Crippen LogP contribution is 2.26. The SMILES string of the molecule is CCCCCCCc1ncc(-c2ccccc2)s1. The second-order valence-corrected chi connectivity index (χ2v) is 5.76. The number of hydrogen-bond acceptors (Lipinski definition) is 2. The molecule has 2 rings (SSSR count). The maximum Gasteiger partial charge on any atom is 0.0931 e. The van der Waals surface area contributed by atoms with E-state index >= 15 is 0 Å². The number of aromatic nitrogens is 1. The summed E-state index contributed by atoms with van der Waals surface area (Å²) in [4.78, 5) is 5.82. The molecule has 0 atom stereocenters. The van der Waals surface area contributed by atoms with Crippen LogP contribution in [0.25, 0.3) is 10.4 Å². The molecule has 1 aromatic carbocycles. The lowest BCUT2D eigenvalue weighted by Gasteiger charge is -1.97. The second kappa shape index (κ2) is 7.32. The van der Waals surface area contributed by atoms with Gasteiger partial charge in [-0.3, -0.25) is 0 Å². The van der Waals surface area contributed by atoms with E-state index in [1.807, 2.05) is 17.5 Å². The fraction of sp³-hybridized carbons (Fsp3) is 0.438. The summed E-state index contributed by atoms with van der Waals surface area (Å²) in [6.07, 6.45) is 9.83. The molecule has 96 valence electrons. The van der Waals surface area contributed by atoms with Gasteiger partial charge in [0.05, 0.1) is 9.88 Å². The Labute approximate surface area is 114 Å². The number of nitrogens with zero attached hydrogens (tertiary/aromatic N) is 1. The van der Waals surface area contributed by atoms with Gasteiger partial charge in [0.25, 0.3) is 0 Å². The van der Waals surface area contributed by atoms with Gasteiger partial charge in [0.1, 0.15) is 0 Å². The van der Waals surface area contributed by atoms with Crippen LogP contribution in [0.5, 0.6) is 0 Å². The van der Waals surface area contributed by atoms with Gasteiger partial charge in [0.2, 0.25) is 0 Å². The molecule has 0 N–H and O–H groups in total. The van der Waals surface area contributed by atoms with Crippen molar-refractivity contribution in [2.24, 2.45) is 0 Å². The van der Waals surface area contributed by atoms with Crippen molar-refractivity contribution in [1.82, 2.24) is 4.98 Å². The molecule has 0 spiro atoms. The lowest BCUT2D eigenvalue weighted by molar-refractivity contribution is 0.631. The highest BCUT2D eigenvalue weighted by atomic mass is 32.1. The summed E-state index contributed by atoms with van der Waals surface area (Å²) in [5, 5.41) is 1.28. The molecule has 0 saturated heterocycles. The molecule has 0 unspecified atom stereocenters. The molecule has 0 aliphatic carbocycles. The maximum atomic E-state index is 4.53. The van der Waals surface area contributed by atoms with Crippen molar-refractivity contribution >= 4 is 11.3 Å². The van der Waals surface area contributed by atoms with Gasteiger partial charge in [-0.05, 0) is 18.4 Å². The number of benzene rings is 1. The van der Waals surface area contributed by atoms with Crippen LogP contribution < -0.4 is 0 Å². The summed E-state index contributed by atoms with van der Waals surface area (Å²) in [6, 6.07) is 10.5. The molecule has 1 aromatic heterocycles. The summed E-state index contributed by atoms with van der Waals surface area (Å²) in [5.41, 5.74) is 1.28. The smallest absolute Gasteiger partial charge is 0.0931 e. The minimum absolute atomic E-state index is 1.14. The van der Waals surface area contributed by atoms with Crippen LogP contribution in [0.15, 0.2) is 36.5 Å². The van der Waals surface area contributed by atoms with E-state index in [9.17, 15) is 0 Å². The van der Waals surface area contributed by atoms with Crippen molar-refractivity contribution in [3.8, 4) is 10.4 Å². The molecule has 1 heterocycles. The van der Waals surface area contributed by atoms with Crippen LogP contribution in [0.4, 0.5) is 0 Å². The Balaban J connectivity index is 1.83. The maximum absolute atomic E-state index is 4.53. The highest BCUT2D eigenvalue weighted by Gasteiger charge is 2.03. The van der Waals surface area contributed by atoms with Gasteiger partial charge in [-0.15, -0.1) is 11.3 Å². The summed E-state index contributed by atoms with van der Waals surface area (Å²) < 4.78 is 0. The van der Waals surface area contributed by atoms with Crippen LogP contribution >= 0.6 is 11.3 Å². The second-order valence-electron chi connectivity index (χ2n) is 4.65. The van der Waals surface area contributed by atoms with Crippen LogP contribution in [0.1, 0.15) is 44.0 Å². The summed E-state index contributed by atoms with van der Waals surface area (Å²) in [6.45, 7) is 2.26. The number of unbranched alkanes of at least 4 members (excludes halogenated alkanes) is 4. The van der Waals surface area contributed by atoms with Crippen molar-refractivity contribution in [2.75, 3.05) is 0 Å². The average molecular weight is 259 g/mol. The van der Waals surface area contributed by atoms with Gasteiger partial charge in [0, 0.05) is 6.20 Å². The van der Waals surface area contributed by atoms with E-state index in [4.69, 9.17) is 0 Å². The first-order chi connectivity index (χ1) is 8.90. The third-order valence-corrected chi connectivity index (χ3v) is 4.21. The Kier molecular flexibility index (Phi) is 5.40. The normalized spacial score (nSPS) is 10.7. The zero-order valence-electron chi connectivity index (χ0n) is 11.1. The first kappa shape index (κ1) is 13.3. The Hall–Kier alpha value is -1.15. The number of aryl methyl sites for hydroxylation is 1. The third-order valence-electron chi connectivity index (χ3n) is 3.11. The highest BCUT2D eigenvalue weighted by molar-refractivity contribution is 7.15. The van der Waals surface area contributed by atoms with E-state index in [1.165, 1.54) is 47.6 Å². The Morgan fingerprint density at radius 3 is 2.56 bits per heavy atom. The Morgan fingerprint density at radius 2 is 1.78 bits per heavy atom. The first-order valence-electron chi connectivity index (χ1n) is 6.90. The zero-order chi connectivity index (χ0) is 12.6. The van der Waals surface area contributed by atoms with E-state index in [1.54, 1.807) is 0 Å². The number of hydrogen-bond donors (Lipinski definition) is 0. The lowest BCUT2D eigenvalue weighted by atomic mass is 10.1. The lowest BCUT2D eigenvalue weighted by Crippen LogP contribution is -1.83. The minimum Gasteiger partial charge on any atom is -0.249 e. The van der Waals surface area contributed by atoms with Gasteiger partial charge < -0.3 is 0 Å². The van der Waals surface area contributed by atoms with Gasteiger partial charge in [-0.1, -0.05) is 62.9 Å². The largest absolute Gasteiger partial charge is 0.249 e. The molecule has 0 saturated carbocycles. The summed E-state index contributed by atoms with van der Waals surface area (Å²) >= 11 is 1.84. The molecule has 0 amide bonds. The van der Waals surface area contributed by atoms with Gasteiger partial charge in [0.15, 0.2) is 0 Å². The minimum atomic E-state index is 1.14. The van der Waals surface area contributed by atoms with Gasteiger partial charge in [-0.25, -0.2) is 4.98 Å². The molecule has 0 aliphatic rings. The van der Waals surface area contributed by atoms with E-state index in [2.05, 4.69) is 42.2 Å². The summed E-state index contributed by atoms with van der Waals surface area (Å²) in [5.74, 6) is 0.